The van der Waals surface area contributed by atoms with E-state index < -0.39 is 20.2 Å². The van der Waals surface area contributed by atoms with Crippen molar-refractivity contribution in [3.63, 3.8) is 0 Å². The first-order valence-corrected chi connectivity index (χ1v) is 10.1. The Morgan fingerprint density at radius 1 is 1.25 bits per heavy atom. The zero-order chi connectivity index (χ0) is 15.3. The van der Waals surface area contributed by atoms with Gasteiger partial charge in [0, 0.05) is 0 Å². The Kier molecular flexibility index (Phi) is 3.78. The summed E-state index contributed by atoms with van der Waals surface area (Å²) in [5.41, 5.74) is 0.912. The Balaban J connectivity index is 2.05. The molecule has 20 heavy (non-hydrogen) atoms. The summed E-state index contributed by atoms with van der Waals surface area (Å²) < 4.78 is 17.7. The van der Waals surface area contributed by atoms with Crippen molar-refractivity contribution < 1.29 is 18.7 Å². The van der Waals surface area contributed by atoms with Crippen LogP contribution in [0.15, 0.2) is 11.6 Å². The summed E-state index contributed by atoms with van der Waals surface area (Å²) in [6.07, 6.45) is 0.878. The van der Waals surface area contributed by atoms with Crippen LogP contribution in [-0.2, 0) is 18.7 Å². The average Bonchev–Trinajstić information content (AvgIpc) is 2.70. The quantitative estimate of drug-likeness (QED) is 0.751. The first kappa shape index (κ1) is 15.9. The topological polar surface area (TPSA) is 44.8 Å². The van der Waals surface area contributed by atoms with E-state index in [2.05, 4.69) is 33.9 Å². The standard InChI is InChI=1S/C15H26O4Si/c1-14(2,3)20(6,7)17-9-10-8-11(16)13-12(10)18-15(4,5)19-13/h8,12-13H,9H2,1-7H3. The predicted octanol–water partition coefficient (Wildman–Crippen LogP) is 3.04. The minimum absolute atomic E-state index is 0.00518. The zero-order valence-electron chi connectivity index (χ0n) is 13.6. The highest BCUT2D eigenvalue weighted by Gasteiger charge is 2.50. The van der Waals surface area contributed by atoms with Gasteiger partial charge < -0.3 is 13.9 Å². The van der Waals surface area contributed by atoms with E-state index in [9.17, 15) is 4.79 Å². The van der Waals surface area contributed by atoms with Crippen LogP contribution in [0, 0.1) is 0 Å². The van der Waals surface area contributed by atoms with E-state index in [1.54, 1.807) is 6.08 Å². The molecule has 1 heterocycles. The number of ether oxygens (including phenoxy) is 2. The number of carbonyl (C=O) groups is 1. The van der Waals surface area contributed by atoms with Crippen LogP contribution in [0.1, 0.15) is 34.6 Å². The van der Waals surface area contributed by atoms with Crippen molar-refractivity contribution in [3.8, 4) is 0 Å². The molecule has 1 aliphatic carbocycles. The molecule has 0 spiro atoms. The van der Waals surface area contributed by atoms with E-state index in [1.807, 2.05) is 13.8 Å². The van der Waals surface area contributed by atoms with E-state index in [-0.39, 0.29) is 16.9 Å². The molecule has 1 saturated heterocycles. The van der Waals surface area contributed by atoms with Gasteiger partial charge >= 0.3 is 0 Å². The fourth-order valence-electron chi connectivity index (χ4n) is 2.19. The monoisotopic (exact) mass is 298 g/mol. The summed E-state index contributed by atoms with van der Waals surface area (Å²) in [6.45, 7) is 15.2. The largest absolute Gasteiger partial charge is 0.413 e. The number of ketones is 1. The van der Waals surface area contributed by atoms with Crippen LogP contribution in [0.2, 0.25) is 18.1 Å². The van der Waals surface area contributed by atoms with Crippen molar-refractivity contribution >= 4 is 14.1 Å². The van der Waals surface area contributed by atoms with Gasteiger partial charge in [0.15, 0.2) is 26.0 Å². The second-order valence-electron chi connectivity index (χ2n) is 7.65. The molecule has 0 aromatic rings. The van der Waals surface area contributed by atoms with E-state index >= 15 is 0 Å². The molecule has 2 atom stereocenters. The maximum Gasteiger partial charge on any atom is 0.192 e. The third kappa shape index (κ3) is 2.91. The number of rotatable bonds is 3. The zero-order valence-corrected chi connectivity index (χ0v) is 14.6. The van der Waals surface area contributed by atoms with Crippen LogP contribution < -0.4 is 0 Å². The molecule has 1 fully saturated rings. The highest BCUT2D eigenvalue weighted by atomic mass is 28.4. The molecular formula is C15H26O4Si. The van der Waals surface area contributed by atoms with Crippen molar-refractivity contribution in [2.75, 3.05) is 6.61 Å². The lowest BCUT2D eigenvalue weighted by Gasteiger charge is -2.36. The first-order chi connectivity index (χ1) is 8.93. The van der Waals surface area contributed by atoms with Crippen molar-refractivity contribution in [1.82, 2.24) is 0 Å². The first-order valence-electron chi connectivity index (χ1n) is 7.17. The molecule has 0 radical (unpaired) electrons. The lowest BCUT2D eigenvalue weighted by Crippen LogP contribution is -2.41. The summed E-state index contributed by atoms with van der Waals surface area (Å²) >= 11 is 0. The molecule has 0 N–H and O–H groups in total. The number of carbonyl (C=O) groups excluding carboxylic acids is 1. The van der Waals surface area contributed by atoms with Gasteiger partial charge in [-0.3, -0.25) is 4.79 Å². The Morgan fingerprint density at radius 3 is 2.35 bits per heavy atom. The fraction of sp³-hybridized carbons (Fsp3) is 0.800. The third-order valence-corrected chi connectivity index (χ3v) is 8.95. The van der Waals surface area contributed by atoms with Crippen LogP contribution in [0.4, 0.5) is 0 Å². The molecule has 1 aliphatic heterocycles. The number of fused-ring (bicyclic) bond motifs is 1. The highest BCUT2D eigenvalue weighted by molar-refractivity contribution is 6.74. The van der Waals surface area contributed by atoms with Gasteiger partial charge in [0.05, 0.1) is 6.61 Å². The van der Waals surface area contributed by atoms with Crippen LogP contribution in [0.3, 0.4) is 0 Å². The van der Waals surface area contributed by atoms with Gasteiger partial charge in [-0.15, -0.1) is 0 Å². The Bertz CT molecular complexity index is 445. The molecule has 0 bridgehead atoms. The van der Waals surface area contributed by atoms with Crippen LogP contribution in [0.5, 0.6) is 0 Å². The van der Waals surface area contributed by atoms with E-state index in [0.717, 1.165) is 5.57 Å². The summed E-state index contributed by atoms with van der Waals surface area (Å²) in [5, 5.41) is 0.155. The van der Waals surface area contributed by atoms with Crippen LogP contribution in [0.25, 0.3) is 0 Å². The normalized spacial score (nSPS) is 29.6. The second kappa shape index (κ2) is 4.76. The maximum atomic E-state index is 11.9. The van der Waals surface area contributed by atoms with Gasteiger partial charge in [0.1, 0.15) is 6.10 Å². The minimum atomic E-state index is -1.82. The highest BCUT2D eigenvalue weighted by Crippen LogP contribution is 2.39. The maximum absolute atomic E-state index is 11.9. The molecule has 2 aliphatic rings. The molecule has 5 heteroatoms. The summed E-state index contributed by atoms with van der Waals surface area (Å²) in [6, 6.07) is 0. The van der Waals surface area contributed by atoms with Gasteiger partial charge in [0.2, 0.25) is 0 Å². The van der Waals surface area contributed by atoms with Gasteiger partial charge in [-0.05, 0) is 43.6 Å². The molecule has 0 amide bonds. The summed E-state index contributed by atoms with van der Waals surface area (Å²) in [7, 11) is -1.82. The summed E-state index contributed by atoms with van der Waals surface area (Å²) in [4.78, 5) is 11.9. The van der Waals surface area contributed by atoms with Crippen molar-refractivity contribution in [2.24, 2.45) is 0 Å². The minimum Gasteiger partial charge on any atom is -0.413 e. The number of hydrogen-bond acceptors (Lipinski definition) is 4. The summed E-state index contributed by atoms with van der Waals surface area (Å²) in [5.74, 6) is -0.698. The van der Waals surface area contributed by atoms with Crippen molar-refractivity contribution in [2.45, 2.75) is 70.7 Å². The molecule has 2 unspecified atom stereocenters. The van der Waals surface area contributed by atoms with Gasteiger partial charge in [-0.2, -0.15) is 0 Å². The van der Waals surface area contributed by atoms with Crippen LogP contribution >= 0.6 is 0 Å². The third-order valence-electron chi connectivity index (χ3n) is 4.48. The average molecular weight is 298 g/mol. The van der Waals surface area contributed by atoms with E-state index in [1.165, 1.54) is 0 Å². The second-order valence-corrected chi connectivity index (χ2v) is 12.5. The molecule has 0 aromatic carbocycles. The Morgan fingerprint density at radius 2 is 1.80 bits per heavy atom. The number of hydrogen-bond donors (Lipinski definition) is 0. The van der Waals surface area contributed by atoms with Crippen molar-refractivity contribution in [3.05, 3.63) is 11.6 Å². The smallest absolute Gasteiger partial charge is 0.192 e. The Labute approximate surface area is 122 Å². The molecule has 114 valence electrons. The Hall–Kier alpha value is -0.493. The van der Waals surface area contributed by atoms with Gasteiger partial charge in [-0.1, -0.05) is 20.8 Å². The lowest BCUT2D eigenvalue weighted by atomic mass is 10.2. The molecule has 0 saturated carbocycles. The SMILES string of the molecule is CC1(C)OC2C(=O)C=C(CO[Si](C)(C)C(C)(C)C)C2O1. The molecule has 4 nitrogen and oxygen atoms in total. The van der Waals surface area contributed by atoms with Gasteiger partial charge in [-0.25, -0.2) is 0 Å². The van der Waals surface area contributed by atoms with E-state index in [0.29, 0.717) is 6.61 Å². The predicted molar refractivity (Wildman–Crippen MR) is 80.1 cm³/mol. The molecule has 0 aromatic heterocycles. The van der Waals surface area contributed by atoms with Crippen LogP contribution in [-0.4, -0.2) is 38.7 Å². The molecular weight excluding hydrogens is 272 g/mol. The van der Waals surface area contributed by atoms with Gasteiger partial charge in [0.25, 0.3) is 0 Å². The van der Waals surface area contributed by atoms with E-state index in [4.69, 9.17) is 13.9 Å². The fourth-order valence-corrected chi connectivity index (χ4v) is 3.15. The molecule has 2 rings (SSSR count). The van der Waals surface area contributed by atoms with Crippen molar-refractivity contribution in [1.29, 1.82) is 0 Å². The lowest BCUT2D eigenvalue weighted by molar-refractivity contribution is -0.153.